The molecule has 0 aliphatic heterocycles. The van der Waals surface area contributed by atoms with Crippen molar-refractivity contribution in [1.29, 1.82) is 0 Å². The number of hydrogen-bond acceptors (Lipinski definition) is 3. The second kappa shape index (κ2) is 7.89. The third kappa shape index (κ3) is 4.67. The molecule has 0 spiro atoms. The summed E-state index contributed by atoms with van der Waals surface area (Å²) in [5.41, 5.74) is 0. The molecule has 0 saturated heterocycles. The van der Waals surface area contributed by atoms with E-state index in [1.54, 1.807) is 29.5 Å². The number of halogens is 2. The van der Waals surface area contributed by atoms with Crippen LogP contribution >= 0.6 is 34.5 Å². The van der Waals surface area contributed by atoms with Gasteiger partial charge in [-0.25, -0.2) is 0 Å². The quantitative estimate of drug-likeness (QED) is 0.797. The lowest BCUT2D eigenvalue weighted by molar-refractivity contribution is 0.192. The van der Waals surface area contributed by atoms with Gasteiger partial charge >= 0.3 is 0 Å². The van der Waals surface area contributed by atoms with Crippen molar-refractivity contribution in [1.82, 2.24) is 5.32 Å². The van der Waals surface area contributed by atoms with Crippen LogP contribution < -0.4 is 10.1 Å². The Morgan fingerprint density at radius 2 is 2.15 bits per heavy atom. The van der Waals surface area contributed by atoms with E-state index in [0.717, 1.165) is 19.4 Å². The van der Waals surface area contributed by atoms with Gasteiger partial charge in [-0.15, -0.1) is 11.3 Å². The number of benzene rings is 1. The highest BCUT2D eigenvalue weighted by atomic mass is 35.5. The molecule has 108 valence electrons. The van der Waals surface area contributed by atoms with Crippen LogP contribution in [0.4, 0.5) is 0 Å². The van der Waals surface area contributed by atoms with Crippen LogP contribution in [0.3, 0.4) is 0 Å². The zero-order valence-electron chi connectivity index (χ0n) is 11.2. The third-order valence-electron chi connectivity index (χ3n) is 2.91. The van der Waals surface area contributed by atoms with E-state index < -0.39 is 0 Å². The molecule has 0 bridgehead atoms. The fraction of sp³-hybridized carbons (Fsp3) is 0.333. The third-order valence-corrected chi connectivity index (χ3v) is 4.36. The maximum Gasteiger partial charge on any atom is 0.139 e. The van der Waals surface area contributed by atoms with Gasteiger partial charge in [0.1, 0.15) is 11.9 Å². The van der Waals surface area contributed by atoms with Gasteiger partial charge in [-0.2, -0.15) is 0 Å². The van der Waals surface area contributed by atoms with Gasteiger partial charge in [-0.05, 0) is 43.6 Å². The molecule has 2 rings (SSSR count). The van der Waals surface area contributed by atoms with E-state index in [4.69, 9.17) is 27.9 Å². The molecule has 2 aromatic rings. The molecule has 5 heteroatoms. The molecule has 2 nitrogen and oxygen atoms in total. The highest BCUT2D eigenvalue weighted by Gasteiger charge is 2.14. The SMILES string of the molecule is CNCCC(Cc1cccs1)Oc1cc(Cl)ccc1Cl. The van der Waals surface area contributed by atoms with Crippen LogP contribution in [-0.2, 0) is 6.42 Å². The Morgan fingerprint density at radius 1 is 1.30 bits per heavy atom. The highest BCUT2D eigenvalue weighted by molar-refractivity contribution is 7.09. The topological polar surface area (TPSA) is 21.3 Å². The highest BCUT2D eigenvalue weighted by Crippen LogP contribution is 2.29. The van der Waals surface area contributed by atoms with Crippen molar-refractivity contribution in [2.75, 3.05) is 13.6 Å². The van der Waals surface area contributed by atoms with Crippen molar-refractivity contribution >= 4 is 34.5 Å². The summed E-state index contributed by atoms with van der Waals surface area (Å²) in [6.45, 7) is 0.897. The fourth-order valence-corrected chi connectivity index (χ4v) is 3.00. The Bertz CT molecular complexity index is 531. The molecule has 0 saturated carbocycles. The van der Waals surface area contributed by atoms with E-state index in [2.05, 4.69) is 22.8 Å². The number of thiophene rings is 1. The first-order valence-corrected chi connectivity index (χ1v) is 8.11. The smallest absolute Gasteiger partial charge is 0.139 e. The Labute approximate surface area is 133 Å². The lowest BCUT2D eigenvalue weighted by Gasteiger charge is -2.19. The van der Waals surface area contributed by atoms with E-state index in [-0.39, 0.29) is 6.10 Å². The average molecular weight is 330 g/mol. The zero-order valence-corrected chi connectivity index (χ0v) is 13.6. The molecular formula is C15H17Cl2NOS. The molecule has 1 heterocycles. The molecule has 1 unspecified atom stereocenters. The van der Waals surface area contributed by atoms with Gasteiger partial charge in [0, 0.05) is 22.4 Å². The first kappa shape index (κ1) is 15.6. The summed E-state index contributed by atoms with van der Waals surface area (Å²) >= 11 is 13.9. The number of nitrogens with one attached hydrogen (secondary N) is 1. The van der Waals surface area contributed by atoms with E-state index in [1.165, 1.54) is 4.88 Å². The molecule has 0 amide bonds. The Kier molecular flexibility index (Phi) is 6.17. The lowest BCUT2D eigenvalue weighted by Crippen LogP contribution is -2.24. The van der Waals surface area contributed by atoms with Gasteiger partial charge < -0.3 is 10.1 Å². The molecule has 1 aromatic carbocycles. The molecule has 0 aliphatic rings. The summed E-state index contributed by atoms with van der Waals surface area (Å²) in [6, 6.07) is 9.48. The van der Waals surface area contributed by atoms with Crippen LogP contribution in [0, 0.1) is 0 Å². The Morgan fingerprint density at radius 3 is 2.85 bits per heavy atom. The van der Waals surface area contributed by atoms with Crippen LogP contribution in [0.5, 0.6) is 5.75 Å². The van der Waals surface area contributed by atoms with Crippen LogP contribution in [0.1, 0.15) is 11.3 Å². The fourth-order valence-electron chi connectivity index (χ4n) is 1.91. The van der Waals surface area contributed by atoms with E-state index in [1.807, 2.05) is 7.05 Å². The summed E-state index contributed by atoms with van der Waals surface area (Å²) < 4.78 is 6.05. The van der Waals surface area contributed by atoms with Gasteiger partial charge in [0.05, 0.1) is 5.02 Å². The minimum absolute atomic E-state index is 0.0806. The van der Waals surface area contributed by atoms with Gasteiger partial charge in [-0.3, -0.25) is 0 Å². The Balaban J connectivity index is 2.08. The standard InChI is InChI=1S/C15H17Cl2NOS/c1-18-7-6-12(10-13-3-2-8-20-13)19-15-9-11(16)4-5-14(15)17/h2-5,8-9,12,18H,6-7,10H2,1H3. The van der Waals surface area contributed by atoms with Crippen LogP contribution in [0.2, 0.25) is 10.0 Å². The normalized spacial score (nSPS) is 12.3. The average Bonchev–Trinajstić information content (AvgIpc) is 2.93. The first-order chi connectivity index (χ1) is 9.69. The van der Waals surface area contributed by atoms with Gasteiger partial charge in [0.25, 0.3) is 0 Å². The predicted molar refractivity (Wildman–Crippen MR) is 87.4 cm³/mol. The summed E-state index contributed by atoms with van der Waals surface area (Å²) in [7, 11) is 1.94. The van der Waals surface area contributed by atoms with Gasteiger partial charge in [0.2, 0.25) is 0 Å². The maximum atomic E-state index is 6.16. The predicted octanol–water partition coefficient (Wildman–Crippen LogP) is 4.65. The van der Waals surface area contributed by atoms with Crippen molar-refractivity contribution in [3.8, 4) is 5.75 Å². The number of rotatable bonds is 7. The first-order valence-electron chi connectivity index (χ1n) is 6.47. The maximum absolute atomic E-state index is 6.16. The summed E-state index contributed by atoms with van der Waals surface area (Å²) in [5, 5.41) is 6.46. The molecule has 0 aliphatic carbocycles. The van der Waals surface area contributed by atoms with Crippen molar-refractivity contribution in [3.63, 3.8) is 0 Å². The largest absolute Gasteiger partial charge is 0.488 e. The number of hydrogen-bond donors (Lipinski definition) is 1. The molecule has 0 fully saturated rings. The minimum Gasteiger partial charge on any atom is -0.488 e. The van der Waals surface area contributed by atoms with Crippen molar-refractivity contribution in [2.24, 2.45) is 0 Å². The minimum atomic E-state index is 0.0806. The summed E-state index contributed by atoms with van der Waals surface area (Å²) in [6.07, 6.45) is 1.87. The van der Waals surface area contributed by atoms with E-state index in [9.17, 15) is 0 Å². The van der Waals surface area contributed by atoms with Crippen molar-refractivity contribution in [2.45, 2.75) is 18.9 Å². The van der Waals surface area contributed by atoms with Crippen LogP contribution in [-0.4, -0.2) is 19.7 Å². The summed E-state index contributed by atoms with van der Waals surface area (Å²) in [5.74, 6) is 0.650. The van der Waals surface area contributed by atoms with Gasteiger partial charge in [0.15, 0.2) is 0 Å². The summed E-state index contributed by atoms with van der Waals surface area (Å²) in [4.78, 5) is 1.31. The molecule has 0 radical (unpaired) electrons. The van der Waals surface area contributed by atoms with Crippen LogP contribution in [0.25, 0.3) is 0 Å². The van der Waals surface area contributed by atoms with Gasteiger partial charge in [-0.1, -0.05) is 29.3 Å². The lowest BCUT2D eigenvalue weighted by atomic mass is 10.1. The molecular weight excluding hydrogens is 313 g/mol. The molecule has 20 heavy (non-hydrogen) atoms. The van der Waals surface area contributed by atoms with Crippen molar-refractivity contribution < 1.29 is 4.74 Å². The number of ether oxygens (including phenoxy) is 1. The Hall–Kier alpha value is -0.740. The molecule has 1 aromatic heterocycles. The van der Waals surface area contributed by atoms with E-state index >= 15 is 0 Å². The van der Waals surface area contributed by atoms with Crippen molar-refractivity contribution in [3.05, 3.63) is 50.6 Å². The van der Waals surface area contributed by atoms with E-state index in [0.29, 0.717) is 15.8 Å². The second-order valence-corrected chi connectivity index (χ2v) is 6.37. The molecule has 1 N–H and O–H groups in total. The second-order valence-electron chi connectivity index (χ2n) is 4.49. The molecule has 1 atom stereocenters. The zero-order chi connectivity index (χ0) is 14.4. The monoisotopic (exact) mass is 329 g/mol. The van der Waals surface area contributed by atoms with Crippen LogP contribution in [0.15, 0.2) is 35.7 Å².